The van der Waals surface area contributed by atoms with E-state index >= 15 is 0 Å². The summed E-state index contributed by atoms with van der Waals surface area (Å²) in [4.78, 5) is 45.4. The van der Waals surface area contributed by atoms with Crippen molar-refractivity contribution in [3.05, 3.63) is 206 Å². The van der Waals surface area contributed by atoms with Crippen molar-refractivity contribution in [3.8, 4) is 89.7 Å². The highest BCUT2D eigenvalue weighted by atomic mass is 127. The van der Waals surface area contributed by atoms with Crippen LogP contribution < -0.4 is 5.72 Å². The van der Waals surface area contributed by atoms with Crippen molar-refractivity contribution < 1.29 is 9.31 Å². The first-order valence-electron chi connectivity index (χ1n) is 36.2. The fraction of sp³-hybridized carbons (Fsp3) is 0.0952. The zero-order chi connectivity index (χ0) is 105. The maximum Gasteiger partial charge on any atom is 0.534 e. The van der Waals surface area contributed by atoms with Gasteiger partial charge in [0, 0.05) is 607 Å². The molecule has 0 atom stereocenters. The molecular weight excluding hydrogens is 3650 g/mol. The van der Waals surface area contributed by atoms with E-state index in [0.29, 0.717) is 52.3 Å². The van der Waals surface area contributed by atoms with E-state index in [1.165, 1.54) is 77.4 Å². The zero-order valence-electron chi connectivity index (χ0n) is 70.9. The summed E-state index contributed by atoms with van der Waals surface area (Å²) in [7, 11) is 97.3. The Morgan fingerprint density at radius 3 is 0.534 bits per heavy atom. The summed E-state index contributed by atoms with van der Waals surface area (Å²) in [5.41, 5.74) is 5.15. The van der Waals surface area contributed by atoms with Crippen molar-refractivity contribution in [2.24, 2.45) is 0 Å². The number of nitrogens with zero attached hydrogens (tertiary/aromatic N) is 9. The second-order valence-electron chi connectivity index (χ2n) is 23.8. The van der Waals surface area contributed by atoms with E-state index in [9.17, 15) is 0 Å². The summed E-state index contributed by atoms with van der Waals surface area (Å²) in [5.74, 6) is 4.93. The number of benzene rings is 6. The van der Waals surface area contributed by atoms with Gasteiger partial charge in [-0.2, -0.15) is 0 Å². The van der Waals surface area contributed by atoms with Crippen LogP contribution in [0.3, 0.4) is 0 Å². The van der Waals surface area contributed by atoms with Gasteiger partial charge in [0.2, 0.25) is 0 Å². The topological polar surface area (TPSA) is 134 Å². The first-order chi connectivity index (χ1) is 72.3. The van der Waals surface area contributed by atoms with E-state index in [0.717, 1.165) is 61.5 Å². The Bertz CT molecular complexity index is 9380. The second kappa shape index (κ2) is 87.4. The third-order valence-corrected chi connectivity index (χ3v) is 149. The van der Waals surface area contributed by atoms with Crippen LogP contribution in [0.5, 0.6) is 0 Å². The predicted octanol–water partition coefficient (Wildman–Crippen LogP) is 19.9. The first kappa shape index (κ1) is 140. The molecule has 0 spiro atoms. The van der Waals surface area contributed by atoms with Crippen molar-refractivity contribution in [2.45, 2.75) is 38.9 Å². The van der Waals surface area contributed by atoms with Crippen LogP contribution >= 0.6 is 154 Å². The van der Waals surface area contributed by atoms with Crippen LogP contribution in [-0.2, 0) is 583 Å². The Labute approximate surface area is 1120 Å². The minimum atomic E-state index is -0.636. The van der Waals surface area contributed by atoms with Gasteiger partial charge in [0.15, 0.2) is 52.3 Å². The lowest BCUT2D eigenvalue weighted by Crippen LogP contribution is -2.41. The number of hydrogen-bond acceptors (Lipinski definition) is 21. The minimum absolute atomic E-state index is 0.454. The molecule has 0 unspecified atom stereocenters. The molecule has 1 aliphatic heterocycles. The van der Waals surface area contributed by atoms with Crippen LogP contribution in [0.2, 0.25) is 0 Å². The molecule has 85 heteroatoms. The smallest absolute Gasteiger partial charge is 0.397 e. The van der Waals surface area contributed by atoms with Crippen molar-refractivity contribution >= 4 is 759 Å². The number of rotatable bonds is 9. The molecule has 1 saturated heterocycles. The summed E-state index contributed by atoms with van der Waals surface area (Å²) in [6, 6.07) is 59.7. The number of thiophene rings is 4. The third-order valence-electron chi connectivity index (χ3n) is 15.2. The molecule has 14 rings (SSSR count). The van der Waals surface area contributed by atoms with Gasteiger partial charge < -0.3 is 9.31 Å². The Morgan fingerprint density at radius 2 is 0.365 bits per heavy atom. The standard InChI is InChI=1S/C36H20Br2N6S2.C21H22BN3O2.C6Br2I2S2.S22.S21.S20/c37-25-27-28(45-29(25)35-41-31(21-13-5-1-6-14-21)39-32(42-35)22-15-7-2-8-16-22)26(38)30(46-27)36-43-33(23-17-9-3-10-18-23)40-34(44-36)24-19-11-4-12-20-24;1-20(2)21(3,4)27-22(26-20)19-24-17(15-11-7-5-8-12-15)23-18(25-19)16-13-9-6-10-14-16;7-1-3-4(12-5(1)9)2(8)6(10)11-3;1-3-5-7-9-11-13-15-17-19-21-22-20-18-16-14-12-10-8-6-4-2;1-3-5-7-9-11-13-15-17-19-21-20-18-16-14-12-10-8-6-4-2;1-3-5-7-9-11-13-15-17-19-20-18-16-14-12-10-8-6-4-2/h1-20H;5-14H,1-4H3;;;;. The fourth-order valence-electron chi connectivity index (χ4n) is 9.28. The first-order valence-corrected chi connectivity index (χ1v) is 125. The largest absolute Gasteiger partial charge is 0.534 e. The molecule has 1 aliphatic rings. The van der Waals surface area contributed by atoms with E-state index in [1.807, 2.05) is 232 Å². The highest BCUT2D eigenvalue weighted by Crippen LogP contribution is 2.53. The molecule has 0 saturated carbocycles. The Balaban J connectivity index is 0.000000208. The number of fused-ring (bicyclic) bond motifs is 2. The van der Waals surface area contributed by atoms with Crippen LogP contribution in [0.15, 0.2) is 200 Å². The second-order valence-corrected chi connectivity index (χ2v) is 136. The van der Waals surface area contributed by atoms with E-state index < -0.39 is 18.3 Å². The SMILES string of the molecule is Brc1c(-c2nc(-c3ccccc3)nc(-c3ccccc3)n2)sc2c(Br)c(-c3nc(-c4ccccc4)nc(-c4ccccc4)n3)sc12.Brc1c(I)sc2c(Br)c(I)sc12.CC1(C)OB(c2nc(-c3ccccc3)nc(-c3ccccc3)n2)OC1(C)C.S=S=S=S=S=S=S=S=S=S=S=S=S=S=S=S=S=S=S=S.S=S=S=S=S=S=S=S=S=S=S=S=S=S=S=S=S=S=S=S=S.S=S=S=S=S=S=S=S=S=S=S=S=S=S=S=S=S=S=S=S=S=S. The molecule has 11 nitrogen and oxygen atoms in total. The lowest BCUT2D eigenvalue weighted by atomic mass is 9.89. The summed E-state index contributed by atoms with van der Waals surface area (Å²) in [6.07, 6.45) is 0. The van der Waals surface area contributed by atoms with E-state index in [4.69, 9.17) is 106 Å². The van der Waals surface area contributed by atoms with Crippen LogP contribution in [0.25, 0.3) is 109 Å². The van der Waals surface area contributed by atoms with Gasteiger partial charge in [0.1, 0.15) is 0 Å². The normalized spacial score (nSPS) is 10.8. The predicted molar refractivity (Wildman–Crippen MR) is 845 cm³/mol. The Hall–Kier alpha value is 8.89. The van der Waals surface area contributed by atoms with Gasteiger partial charge >= 0.3 is 7.12 Å². The summed E-state index contributed by atoms with van der Waals surface area (Å²) in [5, 5.41) is 0. The summed E-state index contributed by atoms with van der Waals surface area (Å²) in [6.45, 7) is 8.07. The number of hydrogen-bond donors (Lipinski definition) is 0. The van der Waals surface area contributed by atoms with Crippen molar-refractivity contribution in [1.82, 2.24) is 44.9 Å². The molecule has 0 radical (unpaired) electrons. The monoisotopic (exact) mass is 3680 g/mol. The molecular formula is C63H42BBr4I2N9O2S67. The van der Waals surface area contributed by atoms with Crippen LogP contribution in [-0.4, -0.2) is 63.2 Å². The molecule has 0 bridgehead atoms. The highest BCUT2D eigenvalue weighted by Gasteiger charge is 2.53. The summed E-state index contributed by atoms with van der Waals surface area (Å²) < 4.78 is 24.2. The molecule has 0 aliphatic carbocycles. The summed E-state index contributed by atoms with van der Waals surface area (Å²) >= 11 is 55.2. The van der Waals surface area contributed by atoms with E-state index in [1.54, 1.807) is 476 Å². The van der Waals surface area contributed by atoms with Gasteiger partial charge in [0.05, 0.1) is 63.4 Å². The average Bonchev–Trinajstić information content (AvgIpc) is 1.58. The molecule has 8 heterocycles. The molecule has 7 aromatic heterocycles. The highest BCUT2D eigenvalue weighted by molar-refractivity contribution is 14.1. The lowest BCUT2D eigenvalue weighted by molar-refractivity contribution is 0.00578. The Morgan fingerprint density at radius 1 is 0.216 bits per heavy atom. The molecule has 13 aromatic rings. The average molecular weight is 3690 g/mol. The number of halogens is 6. The van der Waals surface area contributed by atoms with Crippen molar-refractivity contribution in [2.75, 3.05) is 0 Å². The Kier molecular flexibility index (Phi) is 82.8. The number of aromatic nitrogens is 9. The molecule has 798 valence electrons. The zero-order valence-corrected chi connectivity index (χ0v) is 136. The van der Waals surface area contributed by atoms with Gasteiger partial charge in [-0.15, -0.1) is 45.3 Å². The van der Waals surface area contributed by atoms with Gasteiger partial charge in [-0.3, -0.25) is 0 Å². The third kappa shape index (κ3) is 55.2. The van der Waals surface area contributed by atoms with Gasteiger partial charge in [-0.1, -0.05) is 182 Å². The maximum absolute atomic E-state index is 6.16. The lowest BCUT2D eigenvalue weighted by Gasteiger charge is -2.32. The van der Waals surface area contributed by atoms with Crippen LogP contribution in [0.4, 0.5) is 0 Å². The molecule has 6 aromatic carbocycles. The molecule has 0 amide bonds. The van der Waals surface area contributed by atoms with Gasteiger partial charge in [-0.05, 0) is 137 Å². The minimum Gasteiger partial charge on any atom is -0.397 e. The molecule has 1 fully saturated rings. The van der Waals surface area contributed by atoms with Gasteiger partial charge in [-0.25, -0.2) is 44.9 Å². The van der Waals surface area contributed by atoms with Crippen LogP contribution in [0, 0.1) is 5.77 Å². The van der Waals surface area contributed by atoms with Gasteiger partial charge in [0.25, 0.3) is 0 Å². The quantitative estimate of drug-likeness (QED) is 0.100. The van der Waals surface area contributed by atoms with Crippen molar-refractivity contribution in [3.63, 3.8) is 0 Å². The van der Waals surface area contributed by atoms with Crippen LogP contribution in [0.1, 0.15) is 27.7 Å². The molecule has 148 heavy (non-hydrogen) atoms. The van der Waals surface area contributed by atoms with Crippen molar-refractivity contribution in [1.29, 1.82) is 0 Å². The fourth-order valence-corrected chi connectivity index (χ4v) is 159. The molecule has 0 N–H and O–H groups in total. The van der Waals surface area contributed by atoms with E-state index in [-0.39, 0.29) is 0 Å². The maximum atomic E-state index is 6.16. The van der Waals surface area contributed by atoms with E-state index in [2.05, 4.69) is 124 Å².